The molecule has 144 valence electrons. The van der Waals surface area contributed by atoms with Crippen molar-refractivity contribution in [3.8, 4) is 11.5 Å². The summed E-state index contributed by atoms with van der Waals surface area (Å²) in [7, 11) is 1.56. The number of carbonyl (C=O) groups excluding carboxylic acids is 1. The van der Waals surface area contributed by atoms with Gasteiger partial charge in [-0.2, -0.15) is 0 Å². The molecule has 1 aliphatic rings. The standard InChI is InChI=1S/C20H15Cl2NO3S2/c1-3-9-26-18-12(5-4-6-16(18)25-2)10-17-19(24)23(20(27)28-17)15-8-7-13(21)11-14(15)22/h3-8,10-11H,1,9H2,2H3/b17-10+. The molecule has 4 nitrogen and oxygen atoms in total. The monoisotopic (exact) mass is 451 g/mol. The molecule has 3 rings (SSSR count). The molecule has 8 heteroatoms. The summed E-state index contributed by atoms with van der Waals surface area (Å²) < 4.78 is 11.5. The smallest absolute Gasteiger partial charge is 0.270 e. The first kappa shape index (κ1) is 20.7. The van der Waals surface area contributed by atoms with Crippen molar-refractivity contribution in [2.24, 2.45) is 0 Å². The second-order valence-electron chi connectivity index (χ2n) is 5.59. The van der Waals surface area contributed by atoms with Crippen LogP contribution in [0.4, 0.5) is 5.69 Å². The number of hydrogen-bond donors (Lipinski definition) is 0. The number of halogens is 2. The molecule has 1 aliphatic heterocycles. The van der Waals surface area contributed by atoms with Crippen molar-refractivity contribution >= 4 is 69.2 Å². The summed E-state index contributed by atoms with van der Waals surface area (Å²) >= 11 is 18.8. The Labute approximate surface area is 182 Å². The first-order valence-corrected chi connectivity index (χ1v) is 10.1. The molecule has 0 saturated carbocycles. The number of hydrogen-bond acceptors (Lipinski definition) is 5. The van der Waals surface area contributed by atoms with Crippen molar-refractivity contribution in [1.82, 2.24) is 0 Å². The largest absolute Gasteiger partial charge is 0.493 e. The van der Waals surface area contributed by atoms with Gasteiger partial charge in [-0.25, -0.2) is 0 Å². The highest BCUT2D eigenvalue weighted by molar-refractivity contribution is 8.27. The van der Waals surface area contributed by atoms with Crippen molar-refractivity contribution in [2.45, 2.75) is 0 Å². The molecule has 1 saturated heterocycles. The van der Waals surface area contributed by atoms with E-state index in [4.69, 9.17) is 44.9 Å². The van der Waals surface area contributed by atoms with Gasteiger partial charge in [0.2, 0.25) is 0 Å². The predicted octanol–water partition coefficient (Wildman–Crippen LogP) is 5.97. The van der Waals surface area contributed by atoms with Crippen molar-refractivity contribution in [3.05, 3.63) is 69.6 Å². The molecule has 0 radical (unpaired) electrons. The molecule has 0 aromatic heterocycles. The van der Waals surface area contributed by atoms with E-state index in [1.54, 1.807) is 43.5 Å². The van der Waals surface area contributed by atoms with Gasteiger partial charge in [-0.3, -0.25) is 9.69 Å². The Morgan fingerprint density at radius 1 is 1.29 bits per heavy atom. The van der Waals surface area contributed by atoms with Crippen LogP contribution in [0.3, 0.4) is 0 Å². The second kappa shape index (κ2) is 9.01. The molecule has 1 amide bonds. The summed E-state index contributed by atoms with van der Waals surface area (Å²) in [5.74, 6) is 0.822. The second-order valence-corrected chi connectivity index (χ2v) is 8.11. The Kier molecular flexibility index (Phi) is 6.67. The van der Waals surface area contributed by atoms with Crippen molar-refractivity contribution in [3.63, 3.8) is 0 Å². The number of carbonyl (C=O) groups is 1. The Bertz CT molecular complexity index is 991. The lowest BCUT2D eigenvalue weighted by Gasteiger charge is -2.16. The van der Waals surface area contributed by atoms with Crippen LogP contribution in [0.2, 0.25) is 10.0 Å². The molecule has 0 bridgehead atoms. The van der Waals surface area contributed by atoms with E-state index in [9.17, 15) is 4.79 Å². The number of para-hydroxylation sites is 1. The third kappa shape index (κ3) is 4.20. The fourth-order valence-electron chi connectivity index (χ4n) is 2.58. The van der Waals surface area contributed by atoms with Gasteiger partial charge in [0.05, 0.1) is 22.7 Å². The van der Waals surface area contributed by atoms with Crippen LogP contribution in [0.1, 0.15) is 5.56 Å². The maximum absolute atomic E-state index is 13.0. The lowest BCUT2D eigenvalue weighted by molar-refractivity contribution is -0.113. The number of benzene rings is 2. The minimum atomic E-state index is -0.267. The zero-order valence-corrected chi connectivity index (χ0v) is 17.9. The molecule has 0 aliphatic carbocycles. The topological polar surface area (TPSA) is 38.8 Å². The number of thioether (sulfide) groups is 1. The molecule has 28 heavy (non-hydrogen) atoms. The van der Waals surface area contributed by atoms with Crippen LogP contribution < -0.4 is 14.4 Å². The highest BCUT2D eigenvalue weighted by atomic mass is 35.5. The zero-order valence-electron chi connectivity index (χ0n) is 14.8. The van der Waals surface area contributed by atoms with Crippen LogP contribution in [0.5, 0.6) is 11.5 Å². The summed E-state index contributed by atoms with van der Waals surface area (Å²) in [6.45, 7) is 3.97. The Morgan fingerprint density at radius 3 is 2.75 bits per heavy atom. The molecule has 2 aromatic carbocycles. The van der Waals surface area contributed by atoms with E-state index in [-0.39, 0.29) is 5.91 Å². The Balaban J connectivity index is 1.99. The van der Waals surface area contributed by atoms with Gasteiger partial charge in [-0.15, -0.1) is 0 Å². The summed E-state index contributed by atoms with van der Waals surface area (Å²) in [6.07, 6.45) is 3.36. The van der Waals surface area contributed by atoms with Crippen LogP contribution in [-0.4, -0.2) is 23.9 Å². The normalized spacial score (nSPS) is 15.2. The van der Waals surface area contributed by atoms with E-state index < -0.39 is 0 Å². The van der Waals surface area contributed by atoms with Crippen molar-refractivity contribution < 1.29 is 14.3 Å². The first-order chi connectivity index (χ1) is 13.5. The SMILES string of the molecule is C=CCOc1c(/C=C2/SC(=S)N(c3ccc(Cl)cc3Cl)C2=O)cccc1OC. The highest BCUT2D eigenvalue weighted by Crippen LogP contribution is 2.41. The minimum Gasteiger partial charge on any atom is -0.493 e. The van der Waals surface area contributed by atoms with Gasteiger partial charge in [0.25, 0.3) is 5.91 Å². The fourth-order valence-corrected chi connectivity index (χ4v) is 4.35. The molecule has 1 heterocycles. The van der Waals surface area contributed by atoms with Gasteiger partial charge in [0.1, 0.15) is 6.61 Å². The van der Waals surface area contributed by atoms with Crippen LogP contribution in [0.25, 0.3) is 6.08 Å². The molecule has 1 fully saturated rings. The van der Waals surface area contributed by atoms with Gasteiger partial charge in [0, 0.05) is 10.6 Å². The number of thiocarbonyl (C=S) groups is 1. The molecule has 0 unspecified atom stereocenters. The van der Waals surface area contributed by atoms with E-state index in [0.717, 1.165) is 0 Å². The quantitative estimate of drug-likeness (QED) is 0.307. The number of anilines is 1. The average molecular weight is 452 g/mol. The molecule has 0 atom stereocenters. The lowest BCUT2D eigenvalue weighted by Crippen LogP contribution is -2.27. The van der Waals surface area contributed by atoms with E-state index in [1.165, 1.54) is 16.7 Å². The van der Waals surface area contributed by atoms with E-state index in [1.807, 2.05) is 12.1 Å². The molecule has 0 N–H and O–H groups in total. The molecule has 0 spiro atoms. The fraction of sp³-hybridized carbons (Fsp3) is 0.100. The minimum absolute atomic E-state index is 0.267. The van der Waals surface area contributed by atoms with Crippen molar-refractivity contribution in [2.75, 3.05) is 18.6 Å². The highest BCUT2D eigenvalue weighted by Gasteiger charge is 2.34. The van der Waals surface area contributed by atoms with E-state index in [0.29, 0.717) is 48.6 Å². The third-order valence-electron chi connectivity index (χ3n) is 3.81. The summed E-state index contributed by atoms with van der Waals surface area (Å²) in [5, 5.41) is 0.830. The summed E-state index contributed by atoms with van der Waals surface area (Å²) in [4.78, 5) is 14.9. The molecule has 2 aromatic rings. The molecular formula is C20H15Cl2NO3S2. The van der Waals surface area contributed by atoms with Gasteiger partial charge >= 0.3 is 0 Å². The van der Waals surface area contributed by atoms with Gasteiger partial charge in [0.15, 0.2) is 15.8 Å². The van der Waals surface area contributed by atoms with Gasteiger partial charge in [-0.05, 0) is 30.3 Å². The number of amides is 1. The number of methoxy groups -OCH3 is 1. The summed E-state index contributed by atoms with van der Waals surface area (Å²) in [5.41, 5.74) is 1.19. The van der Waals surface area contributed by atoms with Gasteiger partial charge < -0.3 is 9.47 Å². The van der Waals surface area contributed by atoms with E-state index in [2.05, 4.69) is 6.58 Å². The van der Waals surface area contributed by atoms with Crippen LogP contribution in [0, 0.1) is 0 Å². The van der Waals surface area contributed by atoms with Crippen LogP contribution in [0.15, 0.2) is 54.0 Å². The Hall–Kier alpha value is -1.99. The number of rotatable bonds is 6. The van der Waals surface area contributed by atoms with Crippen LogP contribution in [-0.2, 0) is 4.79 Å². The predicted molar refractivity (Wildman–Crippen MR) is 121 cm³/mol. The van der Waals surface area contributed by atoms with Crippen molar-refractivity contribution in [1.29, 1.82) is 0 Å². The third-order valence-corrected chi connectivity index (χ3v) is 5.65. The zero-order chi connectivity index (χ0) is 20.3. The lowest BCUT2D eigenvalue weighted by atomic mass is 10.1. The summed E-state index contributed by atoms with van der Waals surface area (Å²) in [6, 6.07) is 10.3. The van der Waals surface area contributed by atoms with Gasteiger partial charge in [-0.1, -0.05) is 72.0 Å². The van der Waals surface area contributed by atoms with Crippen LogP contribution >= 0.6 is 47.2 Å². The first-order valence-electron chi connectivity index (χ1n) is 8.10. The molecular weight excluding hydrogens is 437 g/mol. The Morgan fingerprint density at radius 2 is 2.07 bits per heavy atom. The number of ether oxygens (including phenoxy) is 2. The number of nitrogens with zero attached hydrogens (tertiary/aromatic N) is 1. The van der Waals surface area contributed by atoms with E-state index >= 15 is 0 Å². The maximum atomic E-state index is 13.0. The maximum Gasteiger partial charge on any atom is 0.270 e. The average Bonchev–Trinajstić information content (AvgIpc) is 2.94.